The summed E-state index contributed by atoms with van der Waals surface area (Å²) < 4.78 is 24.6. The summed E-state index contributed by atoms with van der Waals surface area (Å²) in [5, 5.41) is 0.130. The lowest BCUT2D eigenvalue weighted by Crippen LogP contribution is -2.17. The molecule has 5 heteroatoms. The van der Waals surface area contributed by atoms with Crippen molar-refractivity contribution < 1.29 is 13.2 Å². The Balaban J connectivity index is 2.30. The first-order chi connectivity index (χ1) is 9.81. The second-order valence-electron chi connectivity index (χ2n) is 4.91. The first kappa shape index (κ1) is 15.7. The van der Waals surface area contributed by atoms with Crippen molar-refractivity contribution in [3.05, 3.63) is 64.2 Å². The van der Waals surface area contributed by atoms with Crippen molar-refractivity contribution in [1.82, 2.24) is 0 Å². The zero-order valence-electron chi connectivity index (χ0n) is 11.8. The molecule has 0 saturated heterocycles. The van der Waals surface area contributed by atoms with Crippen molar-refractivity contribution in [3.63, 3.8) is 0 Å². The van der Waals surface area contributed by atoms with Crippen molar-refractivity contribution >= 4 is 27.2 Å². The lowest BCUT2D eigenvalue weighted by Gasteiger charge is -2.07. The van der Waals surface area contributed by atoms with Crippen LogP contribution in [0.1, 0.15) is 21.5 Å². The van der Waals surface area contributed by atoms with Crippen LogP contribution >= 0.6 is 11.6 Å². The topological polar surface area (TPSA) is 51.2 Å². The molecule has 0 bridgehead atoms. The van der Waals surface area contributed by atoms with Gasteiger partial charge in [-0.05, 0) is 43.2 Å². The molecule has 110 valence electrons. The van der Waals surface area contributed by atoms with Crippen LogP contribution in [0.3, 0.4) is 0 Å². The van der Waals surface area contributed by atoms with E-state index in [-0.39, 0.29) is 9.92 Å². The van der Waals surface area contributed by atoms with Gasteiger partial charge in [-0.25, -0.2) is 8.42 Å². The van der Waals surface area contributed by atoms with Crippen LogP contribution in [0.25, 0.3) is 0 Å². The summed E-state index contributed by atoms with van der Waals surface area (Å²) in [6.45, 7) is 3.82. The third kappa shape index (κ3) is 3.52. The Bertz CT molecular complexity index is 795. The van der Waals surface area contributed by atoms with Crippen LogP contribution in [0.4, 0.5) is 0 Å². The van der Waals surface area contributed by atoms with E-state index < -0.39 is 21.4 Å². The molecule has 2 aromatic carbocycles. The summed E-state index contributed by atoms with van der Waals surface area (Å²) in [6, 6.07) is 11.3. The Morgan fingerprint density at radius 3 is 2.33 bits per heavy atom. The van der Waals surface area contributed by atoms with E-state index in [1.165, 1.54) is 12.1 Å². The molecule has 0 spiro atoms. The van der Waals surface area contributed by atoms with Crippen LogP contribution < -0.4 is 0 Å². The van der Waals surface area contributed by atoms with Crippen molar-refractivity contribution in [2.75, 3.05) is 5.75 Å². The van der Waals surface area contributed by atoms with Crippen LogP contribution in [-0.4, -0.2) is 20.0 Å². The molecule has 0 radical (unpaired) electrons. The molecule has 0 unspecified atom stereocenters. The highest BCUT2D eigenvalue weighted by atomic mass is 35.5. The molecule has 0 aliphatic heterocycles. The van der Waals surface area contributed by atoms with Crippen LogP contribution in [0.2, 0.25) is 5.02 Å². The Hall–Kier alpha value is -1.65. The number of ketones is 1. The number of benzene rings is 2. The summed E-state index contributed by atoms with van der Waals surface area (Å²) in [7, 11) is -3.74. The minimum Gasteiger partial charge on any atom is -0.293 e. The number of sulfone groups is 1. The highest BCUT2D eigenvalue weighted by Gasteiger charge is 2.22. The van der Waals surface area contributed by atoms with Gasteiger partial charge in [0.1, 0.15) is 5.75 Å². The number of halogens is 1. The van der Waals surface area contributed by atoms with Crippen molar-refractivity contribution in [3.8, 4) is 0 Å². The minimum atomic E-state index is -3.74. The monoisotopic (exact) mass is 322 g/mol. The molecule has 0 amide bonds. The van der Waals surface area contributed by atoms with Gasteiger partial charge in [-0.1, -0.05) is 35.9 Å². The summed E-state index contributed by atoms with van der Waals surface area (Å²) in [4.78, 5) is 12.2. The quantitative estimate of drug-likeness (QED) is 0.808. The molecule has 0 aliphatic carbocycles. The number of hydrogen-bond acceptors (Lipinski definition) is 3. The molecule has 3 nitrogen and oxygen atoms in total. The predicted octanol–water partition coefficient (Wildman–Crippen LogP) is 3.61. The molecule has 0 heterocycles. The highest BCUT2D eigenvalue weighted by Crippen LogP contribution is 2.22. The fourth-order valence-electron chi connectivity index (χ4n) is 1.95. The molecule has 2 rings (SSSR count). The summed E-state index contributed by atoms with van der Waals surface area (Å²) in [5.41, 5.74) is 2.41. The van der Waals surface area contributed by atoms with E-state index in [1.54, 1.807) is 24.3 Å². The molecule has 0 atom stereocenters. The van der Waals surface area contributed by atoms with E-state index in [2.05, 4.69) is 0 Å². The van der Waals surface area contributed by atoms with Crippen molar-refractivity contribution in [1.29, 1.82) is 0 Å². The first-order valence-electron chi connectivity index (χ1n) is 6.39. The van der Waals surface area contributed by atoms with Crippen LogP contribution in [0, 0.1) is 13.8 Å². The molecule has 0 saturated carbocycles. The number of Topliss-reactive ketones (excluding diaryl/α,β-unsaturated/α-hetero) is 1. The van der Waals surface area contributed by atoms with E-state index in [0.717, 1.165) is 11.1 Å². The zero-order valence-corrected chi connectivity index (χ0v) is 13.3. The SMILES string of the molecule is Cc1ccc(C(=O)CS(=O)(=O)c2ccccc2Cl)cc1C. The third-order valence-corrected chi connectivity index (χ3v) is 5.43. The Morgan fingerprint density at radius 1 is 1.05 bits per heavy atom. The zero-order chi connectivity index (χ0) is 15.6. The first-order valence-corrected chi connectivity index (χ1v) is 8.42. The van der Waals surface area contributed by atoms with E-state index in [1.807, 2.05) is 19.9 Å². The standard InChI is InChI=1S/C16H15ClO3S/c1-11-7-8-13(9-12(11)2)15(18)10-21(19,20)16-6-4-3-5-14(16)17/h3-9H,10H2,1-2H3. The second-order valence-corrected chi connectivity index (χ2v) is 7.28. The molecule has 0 N–H and O–H groups in total. The number of rotatable bonds is 4. The van der Waals surface area contributed by atoms with Gasteiger partial charge >= 0.3 is 0 Å². The van der Waals surface area contributed by atoms with E-state index >= 15 is 0 Å². The van der Waals surface area contributed by atoms with Gasteiger partial charge in [0, 0.05) is 5.56 Å². The summed E-state index contributed by atoms with van der Waals surface area (Å²) in [6.07, 6.45) is 0. The average molecular weight is 323 g/mol. The van der Waals surface area contributed by atoms with Gasteiger partial charge < -0.3 is 0 Å². The van der Waals surface area contributed by atoms with Crippen LogP contribution in [0.15, 0.2) is 47.4 Å². The smallest absolute Gasteiger partial charge is 0.187 e. The number of carbonyl (C=O) groups is 1. The van der Waals surface area contributed by atoms with Gasteiger partial charge in [0.05, 0.1) is 9.92 Å². The van der Waals surface area contributed by atoms with Gasteiger partial charge in [-0.3, -0.25) is 4.79 Å². The maximum atomic E-state index is 12.3. The minimum absolute atomic E-state index is 0.0103. The molecule has 0 aromatic heterocycles. The fourth-order valence-corrected chi connectivity index (χ4v) is 3.75. The summed E-state index contributed by atoms with van der Waals surface area (Å²) in [5.74, 6) is -1.02. The number of aryl methyl sites for hydroxylation is 2. The lowest BCUT2D eigenvalue weighted by atomic mass is 10.0. The largest absolute Gasteiger partial charge is 0.293 e. The molecule has 2 aromatic rings. The summed E-state index contributed by atoms with van der Waals surface area (Å²) >= 11 is 5.89. The normalized spacial score (nSPS) is 11.4. The molecule has 21 heavy (non-hydrogen) atoms. The number of hydrogen-bond donors (Lipinski definition) is 0. The highest BCUT2D eigenvalue weighted by molar-refractivity contribution is 7.92. The lowest BCUT2D eigenvalue weighted by molar-refractivity contribution is 0.102. The van der Waals surface area contributed by atoms with E-state index in [4.69, 9.17) is 11.6 Å². The molecule has 0 fully saturated rings. The van der Waals surface area contributed by atoms with Gasteiger partial charge in [0.2, 0.25) is 0 Å². The van der Waals surface area contributed by atoms with Crippen LogP contribution in [0.5, 0.6) is 0 Å². The van der Waals surface area contributed by atoms with E-state index in [0.29, 0.717) is 5.56 Å². The third-order valence-electron chi connectivity index (χ3n) is 3.32. The van der Waals surface area contributed by atoms with Crippen molar-refractivity contribution in [2.45, 2.75) is 18.7 Å². The number of carbonyl (C=O) groups excluding carboxylic acids is 1. The Morgan fingerprint density at radius 2 is 1.71 bits per heavy atom. The maximum absolute atomic E-state index is 12.3. The second kappa shape index (κ2) is 6.00. The van der Waals surface area contributed by atoms with Gasteiger partial charge in [-0.2, -0.15) is 0 Å². The van der Waals surface area contributed by atoms with Gasteiger partial charge in [0.25, 0.3) is 0 Å². The molecular formula is C16H15ClO3S. The van der Waals surface area contributed by atoms with E-state index in [9.17, 15) is 13.2 Å². The average Bonchev–Trinajstić information content (AvgIpc) is 2.41. The van der Waals surface area contributed by atoms with Crippen molar-refractivity contribution in [2.24, 2.45) is 0 Å². The maximum Gasteiger partial charge on any atom is 0.187 e. The van der Waals surface area contributed by atoms with Gasteiger partial charge in [-0.15, -0.1) is 0 Å². The predicted molar refractivity (Wildman–Crippen MR) is 83.8 cm³/mol. The Labute approximate surface area is 129 Å². The van der Waals surface area contributed by atoms with Crippen LogP contribution in [-0.2, 0) is 9.84 Å². The Kier molecular flexibility index (Phi) is 4.49. The molecule has 0 aliphatic rings. The molecular weight excluding hydrogens is 308 g/mol. The fraction of sp³-hybridized carbons (Fsp3) is 0.188. The van der Waals surface area contributed by atoms with Gasteiger partial charge in [0.15, 0.2) is 15.6 Å².